The topological polar surface area (TPSA) is 17.1 Å². The van der Waals surface area contributed by atoms with Gasteiger partial charge in [0.25, 0.3) is 0 Å². The fourth-order valence-corrected chi connectivity index (χ4v) is 4.97. The zero-order valence-corrected chi connectivity index (χ0v) is 17.7. The summed E-state index contributed by atoms with van der Waals surface area (Å²) in [6, 6.07) is -0.514. The minimum absolute atomic E-state index is 0.267. The third-order valence-corrected chi connectivity index (χ3v) is 6.82. The Morgan fingerprint density at radius 1 is 0.833 bits per heavy atom. The molecule has 0 radical (unpaired) electrons. The largest absolute Gasteiger partial charge is 0.304 e. The first-order valence-electron chi connectivity index (χ1n) is 11.3. The molecular formula is C24H33F5O. The van der Waals surface area contributed by atoms with Crippen molar-refractivity contribution in [2.75, 3.05) is 0 Å². The summed E-state index contributed by atoms with van der Waals surface area (Å²) in [6.07, 6.45) is 14.9. The standard InChI is InChI=1S/C18H31FO.C6H2F4/c1-2-3-4-5-14-6-8-15(9-7-14)16-10-12-17(13-11-16)18(19)20;7-3-1-4(8)6(10)5(9)2-3/h14-17H,2-13H2,1H3;1-2H. The highest BCUT2D eigenvalue weighted by Crippen LogP contribution is 2.42. The summed E-state index contributed by atoms with van der Waals surface area (Å²) in [7, 11) is 0. The van der Waals surface area contributed by atoms with Gasteiger partial charge < -0.3 is 0 Å². The molecule has 30 heavy (non-hydrogen) atoms. The summed E-state index contributed by atoms with van der Waals surface area (Å²) in [5, 5.41) is 0. The van der Waals surface area contributed by atoms with Gasteiger partial charge in [0.2, 0.25) is 0 Å². The maximum Gasteiger partial charge on any atom is 0.304 e. The highest BCUT2D eigenvalue weighted by molar-refractivity contribution is 5.70. The number of hydrogen-bond acceptors (Lipinski definition) is 1. The molecule has 1 aromatic rings. The Morgan fingerprint density at radius 2 is 1.33 bits per heavy atom. The van der Waals surface area contributed by atoms with E-state index in [1.807, 2.05) is 0 Å². The van der Waals surface area contributed by atoms with Crippen molar-refractivity contribution in [1.82, 2.24) is 0 Å². The second-order valence-electron chi connectivity index (χ2n) is 8.88. The van der Waals surface area contributed by atoms with Crippen LogP contribution in [0.15, 0.2) is 12.1 Å². The molecule has 0 aliphatic heterocycles. The van der Waals surface area contributed by atoms with E-state index < -0.39 is 29.3 Å². The Labute approximate surface area is 176 Å². The molecule has 2 aliphatic carbocycles. The van der Waals surface area contributed by atoms with E-state index in [1.165, 1.54) is 51.4 Å². The summed E-state index contributed by atoms with van der Waals surface area (Å²) in [4.78, 5) is 10.8. The van der Waals surface area contributed by atoms with E-state index in [-0.39, 0.29) is 18.1 Å². The van der Waals surface area contributed by atoms with Crippen molar-refractivity contribution in [3.63, 3.8) is 0 Å². The first-order chi connectivity index (χ1) is 14.3. The number of benzene rings is 1. The van der Waals surface area contributed by atoms with Gasteiger partial charge in [0.15, 0.2) is 17.5 Å². The van der Waals surface area contributed by atoms with Gasteiger partial charge in [0, 0.05) is 18.1 Å². The van der Waals surface area contributed by atoms with Crippen LogP contribution >= 0.6 is 0 Å². The molecule has 170 valence electrons. The molecule has 0 N–H and O–H groups in total. The van der Waals surface area contributed by atoms with Gasteiger partial charge in [-0.15, -0.1) is 0 Å². The molecule has 0 amide bonds. The van der Waals surface area contributed by atoms with Crippen molar-refractivity contribution in [2.45, 2.75) is 84.0 Å². The minimum atomic E-state index is -1.65. The van der Waals surface area contributed by atoms with Crippen LogP contribution in [0.4, 0.5) is 22.0 Å². The summed E-state index contributed by atoms with van der Waals surface area (Å²) in [6.45, 7) is 2.27. The molecule has 3 rings (SSSR count). The molecule has 0 aromatic heterocycles. The van der Waals surface area contributed by atoms with Crippen LogP contribution in [0.3, 0.4) is 0 Å². The maximum absolute atomic E-state index is 12.7. The highest BCUT2D eigenvalue weighted by Gasteiger charge is 2.32. The van der Waals surface area contributed by atoms with Crippen LogP contribution in [-0.4, -0.2) is 6.04 Å². The summed E-state index contributed by atoms with van der Waals surface area (Å²) in [5.74, 6) is -3.46. The van der Waals surface area contributed by atoms with Gasteiger partial charge >= 0.3 is 6.04 Å². The van der Waals surface area contributed by atoms with Crippen molar-refractivity contribution in [3.8, 4) is 0 Å². The van der Waals surface area contributed by atoms with E-state index in [1.54, 1.807) is 0 Å². The molecule has 2 saturated carbocycles. The Balaban J connectivity index is 0.000000269. The number of carbonyl (C=O) groups is 1. The average Bonchev–Trinajstić information content (AvgIpc) is 2.73. The minimum Gasteiger partial charge on any atom is -0.261 e. The smallest absolute Gasteiger partial charge is 0.261 e. The SMILES string of the molecule is CCCCCC1CCC(C2CCC(C(=O)F)CC2)CC1.Fc1cc(F)c(F)c(F)c1. The average molecular weight is 433 g/mol. The Morgan fingerprint density at radius 3 is 1.80 bits per heavy atom. The number of carbonyl (C=O) groups excluding carboxylic acids is 1. The number of unbranched alkanes of at least 4 members (excludes halogenated alkanes) is 2. The number of rotatable bonds is 6. The molecule has 1 nitrogen and oxygen atoms in total. The van der Waals surface area contributed by atoms with E-state index >= 15 is 0 Å². The van der Waals surface area contributed by atoms with E-state index in [2.05, 4.69) is 6.92 Å². The molecule has 2 fully saturated rings. The second-order valence-corrected chi connectivity index (χ2v) is 8.88. The molecule has 1 aromatic carbocycles. The van der Waals surface area contributed by atoms with Gasteiger partial charge in [-0.2, -0.15) is 4.39 Å². The molecule has 0 spiro atoms. The fraction of sp³-hybridized carbons (Fsp3) is 0.708. The monoisotopic (exact) mass is 432 g/mol. The molecule has 0 bridgehead atoms. The van der Waals surface area contributed by atoms with Crippen LogP contribution in [0.5, 0.6) is 0 Å². The van der Waals surface area contributed by atoms with Crippen molar-refractivity contribution in [3.05, 3.63) is 35.4 Å². The predicted molar refractivity (Wildman–Crippen MR) is 107 cm³/mol. The van der Waals surface area contributed by atoms with Gasteiger partial charge in [-0.3, -0.25) is 4.79 Å². The van der Waals surface area contributed by atoms with E-state index in [9.17, 15) is 26.7 Å². The van der Waals surface area contributed by atoms with E-state index in [0.29, 0.717) is 0 Å². The van der Waals surface area contributed by atoms with Crippen molar-refractivity contribution >= 4 is 6.04 Å². The van der Waals surface area contributed by atoms with E-state index in [0.717, 1.165) is 43.4 Å². The Kier molecular flexibility index (Phi) is 10.3. The third-order valence-electron chi connectivity index (χ3n) is 6.82. The summed E-state index contributed by atoms with van der Waals surface area (Å²) in [5.41, 5.74) is 0. The first kappa shape index (κ1) is 24.8. The van der Waals surface area contributed by atoms with Crippen LogP contribution in [-0.2, 0) is 4.79 Å². The zero-order valence-electron chi connectivity index (χ0n) is 17.7. The van der Waals surface area contributed by atoms with Crippen LogP contribution in [0.2, 0.25) is 0 Å². The molecule has 0 saturated heterocycles. The van der Waals surface area contributed by atoms with E-state index in [4.69, 9.17) is 0 Å². The Bertz CT molecular complexity index is 639. The molecular weight excluding hydrogens is 399 g/mol. The number of halogens is 5. The second kappa shape index (κ2) is 12.4. The van der Waals surface area contributed by atoms with Crippen molar-refractivity contribution in [2.24, 2.45) is 23.7 Å². The third kappa shape index (κ3) is 7.66. The quantitative estimate of drug-likeness (QED) is 0.147. The van der Waals surface area contributed by atoms with Gasteiger partial charge in [-0.05, 0) is 56.3 Å². The lowest BCUT2D eigenvalue weighted by molar-refractivity contribution is -0.135. The lowest BCUT2D eigenvalue weighted by atomic mass is 9.69. The number of hydrogen-bond donors (Lipinski definition) is 0. The fourth-order valence-electron chi connectivity index (χ4n) is 4.97. The van der Waals surface area contributed by atoms with Crippen molar-refractivity contribution in [1.29, 1.82) is 0 Å². The Hall–Kier alpha value is -1.46. The molecule has 0 atom stereocenters. The van der Waals surface area contributed by atoms with Crippen LogP contribution in [0.25, 0.3) is 0 Å². The lowest BCUT2D eigenvalue weighted by Crippen LogP contribution is -2.27. The summed E-state index contributed by atoms with van der Waals surface area (Å²) < 4.78 is 60.6. The molecule has 0 unspecified atom stereocenters. The maximum atomic E-state index is 12.7. The lowest BCUT2D eigenvalue weighted by Gasteiger charge is -2.37. The molecule has 6 heteroatoms. The molecule has 0 heterocycles. The van der Waals surface area contributed by atoms with Gasteiger partial charge in [0.1, 0.15) is 5.82 Å². The van der Waals surface area contributed by atoms with Crippen LogP contribution < -0.4 is 0 Å². The van der Waals surface area contributed by atoms with Gasteiger partial charge in [0.05, 0.1) is 0 Å². The van der Waals surface area contributed by atoms with Gasteiger partial charge in [-0.25, -0.2) is 17.6 Å². The summed E-state index contributed by atoms with van der Waals surface area (Å²) >= 11 is 0. The van der Waals surface area contributed by atoms with Crippen LogP contribution in [0, 0.1) is 46.9 Å². The predicted octanol–water partition coefficient (Wildman–Crippen LogP) is 7.92. The van der Waals surface area contributed by atoms with Crippen LogP contribution in [0.1, 0.15) is 84.0 Å². The zero-order chi connectivity index (χ0) is 22.1. The first-order valence-corrected chi connectivity index (χ1v) is 11.3. The highest BCUT2D eigenvalue weighted by atomic mass is 19.2. The molecule has 2 aliphatic rings. The van der Waals surface area contributed by atoms with Gasteiger partial charge in [-0.1, -0.05) is 45.4 Å². The normalized spacial score (nSPS) is 26.6. The van der Waals surface area contributed by atoms with Crippen molar-refractivity contribution < 1.29 is 26.7 Å².